The molecule has 1 heterocycles. The van der Waals surface area contributed by atoms with Crippen LogP contribution >= 0.6 is 11.5 Å². The van der Waals surface area contributed by atoms with Crippen molar-refractivity contribution >= 4 is 22.4 Å². The van der Waals surface area contributed by atoms with Crippen molar-refractivity contribution in [2.75, 3.05) is 18.2 Å². The standard InChI is InChI=1S/C8H15N3OS/c1-4-5(2)10-8-6(12-3)7(9)11-13-8/h5,10H,4H2,1-3H3,(H2,9,11). The van der Waals surface area contributed by atoms with Crippen molar-refractivity contribution in [1.82, 2.24) is 4.37 Å². The predicted octanol–water partition coefficient (Wildman–Crippen LogP) is 1.94. The summed E-state index contributed by atoms with van der Waals surface area (Å²) in [5.74, 6) is 1.11. The van der Waals surface area contributed by atoms with Crippen molar-refractivity contribution in [2.45, 2.75) is 26.3 Å². The second-order valence-corrected chi connectivity index (χ2v) is 3.66. The molecule has 3 N–H and O–H groups in total. The zero-order valence-electron chi connectivity index (χ0n) is 8.13. The van der Waals surface area contributed by atoms with Gasteiger partial charge in [0.2, 0.25) is 0 Å². The van der Waals surface area contributed by atoms with Crippen molar-refractivity contribution < 1.29 is 4.74 Å². The van der Waals surface area contributed by atoms with E-state index in [1.807, 2.05) is 0 Å². The Morgan fingerprint density at radius 3 is 2.92 bits per heavy atom. The van der Waals surface area contributed by atoms with Gasteiger partial charge < -0.3 is 15.8 Å². The lowest BCUT2D eigenvalue weighted by Crippen LogP contribution is -2.12. The zero-order chi connectivity index (χ0) is 9.84. The first-order valence-electron chi connectivity index (χ1n) is 4.24. The number of methoxy groups -OCH3 is 1. The molecule has 0 spiro atoms. The van der Waals surface area contributed by atoms with Gasteiger partial charge in [-0.3, -0.25) is 0 Å². The summed E-state index contributed by atoms with van der Waals surface area (Å²) in [5.41, 5.74) is 5.60. The van der Waals surface area contributed by atoms with Crippen LogP contribution in [0.15, 0.2) is 0 Å². The number of rotatable bonds is 4. The monoisotopic (exact) mass is 201 g/mol. The Hall–Kier alpha value is -0.970. The number of ether oxygens (including phenoxy) is 1. The van der Waals surface area contributed by atoms with Crippen molar-refractivity contribution in [1.29, 1.82) is 0 Å². The molecule has 13 heavy (non-hydrogen) atoms. The van der Waals surface area contributed by atoms with Gasteiger partial charge in [0, 0.05) is 6.04 Å². The molecule has 0 aromatic carbocycles. The number of anilines is 2. The van der Waals surface area contributed by atoms with Crippen LogP contribution < -0.4 is 15.8 Å². The third-order valence-electron chi connectivity index (χ3n) is 1.87. The maximum Gasteiger partial charge on any atom is 0.197 e. The minimum Gasteiger partial charge on any atom is -0.490 e. The molecular formula is C8H15N3OS. The summed E-state index contributed by atoms with van der Waals surface area (Å²) in [6.45, 7) is 4.23. The molecule has 1 unspecified atom stereocenters. The first-order valence-corrected chi connectivity index (χ1v) is 5.02. The number of nitrogen functional groups attached to an aromatic ring is 1. The lowest BCUT2D eigenvalue weighted by atomic mass is 10.3. The van der Waals surface area contributed by atoms with E-state index < -0.39 is 0 Å². The van der Waals surface area contributed by atoms with E-state index in [1.54, 1.807) is 7.11 Å². The maximum atomic E-state index is 5.60. The van der Waals surface area contributed by atoms with Gasteiger partial charge in [-0.05, 0) is 24.9 Å². The van der Waals surface area contributed by atoms with Gasteiger partial charge in [0.25, 0.3) is 0 Å². The molecule has 4 nitrogen and oxygen atoms in total. The highest BCUT2D eigenvalue weighted by atomic mass is 32.1. The van der Waals surface area contributed by atoms with E-state index in [4.69, 9.17) is 10.5 Å². The van der Waals surface area contributed by atoms with Crippen molar-refractivity contribution in [3.05, 3.63) is 0 Å². The Morgan fingerprint density at radius 2 is 2.38 bits per heavy atom. The Morgan fingerprint density at radius 1 is 1.69 bits per heavy atom. The van der Waals surface area contributed by atoms with E-state index in [-0.39, 0.29) is 0 Å². The van der Waals surface area contributed by atoms with Crippen molar-refractivity contribution in [3.63, 3.8) is 0 Å². The van der Waals surface area contributed by atoms with Gasteiger partial charge in [0.1, 0.15) is 0 Å². The van der Waals surface area contributed by atoms with Crippen LogP contribution in [0.4, 0.5) is 10.8 Å². The minimum atomic E-state index is 0.411. The summed E-state index contributed by atoms with van der Waals surface area (Å²) in [4.78, 5) is 0. The molecule has 1 atom stereocenters. The molecule has 0 aliphatic rings. The smallest absolute Gasteiger partial charge is 0.197 e. The fraction of sp³-hybridized carbons (Fsp3) is 0.625. The second-order valence-electron chi connectivity index (χ2n) is 2.88. The number of nitrogens with zero attached hydrogens (tertiary/aromatic N) is 1. The van der Waals surface area contributed by atoms with E-state index >= 15 is 0 Å². The molecule has 0 amide bonds. The van der Waals surface area contributed by atoms with Crippen LogP contribution in [0.25, 0.3) is 0 Å². The molecule has 0 bridgehead atoms. The van der Waals surface area contributed by atoms with Gasteiger partial charge in [-0.25, -0.2) is 0 Å². The van der Waals surface area contributed by atoms with Gasteiger partial charge in [-0.1, -0.05) is 6.92 Å². The van der Waals surface area contributed by atoms with Crippen LogP contribution in [0.1, 0.15) is 20.3 Å². The number of hydrogen-bond acceptors (Lipinski definition) is 5. The van der Waals surface area contributed by atoms with Gasteiger partial charge in [-0.15, -0.1) is 0 Å². The first kappa shape index (κ1) is 10.1. The molecular weight excluding hydrogens is 186 g/mol. The summed E-state index contributed by atoms with van der Waals surface area (Å²) < 4.78 is 9.13. The van der Waals surface area contributed by atoms with Crippen molar-refractivity contribution in [3.8, 4) is 5.75 Å². The predicted molar refractivity (Wildman–Crippen MR) is 56.5 cm³/mol. The summed E-state index contributed by atoms with van der Waals surface area (Å²) in [7, 11) is 1.60. The van der Waals surface area contributed by atoms with Crippen LogP contribution in [-0.2, 0) is 0 Å². The molecule has 0 aliphatic carbocycles. The largest absolute Gasteiger partial charge is 0.490 e. The summed E-state index contributed by atoms with van der Waals surface area (Å²) in [5, 5.41) is 4.19. The highest BCUT2D eigenvalue weighted by Gasteiger charge is 2.12. The average Bonchev–Trinajstić information content (AvgIpc) is 2.46. The fourth-order valence-corrected chi connectivity index (χ4v) is 1.71. The maximum absolute atomic E-state index is 5.60. The molecule has 0 aliphatic heterocycles. The SMILES string of the molecule is CCC(C)Nc1snc(N)c1OC. The third kappa shape index (κ3) is 2.24. The van der Waals surface area contributed by atoms with E-state index in [2.05, 4.69) is 23.5 Å². The van der Waals surface area contributed by atoms with Gasteiger partial charge in [0.05, 0.1) is 7.11 Å². The molecule has 1 rings (SSSR count). The molecule has 0 saturated carbocycles. The van der Waals surface area contributed by atoms with Crippen LogP contribution in [0, 0.1) is 0 Å². The Labute approximate surface area is 82.3 Å². The molecule has 5 heteroatoms. The lowest BCUT2D eigenvalue weighted by Gasteiger charge is -2.11. The van der Waals surface area contributed by atoms with E-state index in [0.29, 0.717) is 17.6 Å². The molecule has 0 fully saturated rings. The van der Waals surface area contributed by atoms with E-state index in [0.717, 1.165) is 11.4 Å². The number of hydrogen-bond donors (Lipinski definition) is 2. The lowest BCUT2D eigenvalue weighted by molar-refractivity contribution is 0.419. The molecule has 1 aromatic rings. The number of aromatic nitrogens is 1. The van der Waals surface area contributed by atoms with E-state index in [9.17, 15) is 0 Å². The van der Waals surface area contributed by atoms with Crippen molar-refractivity contribution in [2.24, 2.45) is 0 Å². The van der Waals surface area contributed by atoms with Crippen LogP contribution in [0.2, 0.25) is 0 Å². The van der Waals surface area contributed by atoms with Crippen LogP contribution in [0.5, 0.6) is 5.75 Å². The number of nitrogens with one attached hydrogen (secondary N) is 1. The fourth-order valence-electron chi connectivity index (χ4n) is 0.909. The minimum absolute atomic E-state index is 0.411. The zero-order valence-corrected chi connectivity index (χ0v) is 8.94. The van der Waals surface area contributed by atoms with Gasteiger partial charge in [0.15, 0.2) is 16.6 Å². The summed E-state index contributed by atoms with van der Waals surface area (Å²) in [6, 6.07) is 0.411. The Bertz CT molecular complexity index is 274. The molecule has 74 valence electrons. The molecule has 0 saturated heterocycles. The third-order valence-corrected chi connectivity index (χ3v) is 2.64. The second kappa shape index (κ2) is 4.32. The van der Waals surface area contributed by atoms with E-state index in [1.165, 1.54) is 11.5 Å². The highest BCUT2D eigenvalue weighted by molar-refractivity contribution is 7.11. The van der Waals surface area contributed by atoms with Crippen LogP contribution in [-0.4, -0.2) is 17.5 Å². The van der Waals surface area contributed by atoms with Gasteiger partial charge >= 0.3 is 0 Å². The number of nitrogens with two attached hydrogens (primary N) is 1. The Kier molecular flexibility index (Phi) is 3.36. The Balaban J connectivity index is 2.76. The average molecular weight is 201 g/mol. The normalized spacial score (nSPS) is 12.5. The molecule has 0 radical (unpaired) electrons. The van der Waals surface area contributed by atoms with Gasteiger partial charge in [-0.2, -0.15) is 4.37 Å². The summed E-state index contributed by atoms with van der Waals surface area (Å²) in [6.07, 6.45) is 1.06. The molecule has 1 aromatic heterocycles. The summed E-state index contributed by atoms with van der Waals surface area (Å²) >= 11 is 1.33. The first-order chi connectivity index (χ1) is 6.19. The quantitative estimate of drug-likeness (QED) is 0.781. The van der Waals surface area contributed by atoms with Crippen LogP contribution in [0.3, 0.4) is 0 Å². The topological polar surface area (TPSA) is 60.2 Å². The highest BCUT2D eigenvalue weighted by Crippen LogP contribution is 2.35.